The molecule has 0 radical (unpaired) electrons. The Balaban J connectivity index is 0.976. The van der Waals surface area contributed by atoms with Crippen LogP contribution in [0.1, 0.15) is 73.1 Å². The fraction of sp³-hybridized carbons (Fsp3) is 0.333. The molecular weight excluding hydrogens is 729 g/mol. The summed E-state index contributed by atoms with van der Waals surface area (Å²) < 4.78 is 24.0. The molecule has 288 valence electrons. The molecule has 2 aliphatic carbocycles. The van der Waals surface area contributed by atoms with Crippen molar-refractivity contribution in [1.82, 2.24) is 4.98 Å². The maximum absolute atomic E-state index is 13.5. The van der Waals surface area contributed by atoms with Gasteiger partial charge in [-0.1, -0.05) is 47.5 Å². The molecule has 2 saturated carbocycles. The number of fused-ring (bicyclic) bond motifs is 1. The van der Waals surface area contributed by atoms with Gasteiger partial charge in [-0.15, -0.1) is 11.3 Å². The van der Waals surface area contributed by atoms with Crippen molar-refractivity contribution in [2.45, 2.75) is 71.8 Å². The fourth-order valence-corrected chi connectivity index (χ4v) is 8.03. The van der Waals surface area contributed by atoms with E-state index >= 15 is 0 Å². The monoisotopic (exact) mass is 772 g/mol. The Labute approximate surface area is 329 Å². The summed E-state index contributed by atoms with van der Waals surface area (Å²) in [5.74, 6) is -1.05. The van der Waals surface area contributed by atoms with Gasteiger partial charge in [0.1, 0.15) is 28.0 Å². The molecule has 0 unspecified atom stereocenters. The van der Waals surface area contributed by atoms with Crippen molar-refractivity contribution in [3.05, 3.63) is 113 Å². The van der Waals surface area contributed by atoms with Gasteiger partial charge < -0.3 is 18.9 Å². The van der Waals surface area contributed by atoms with E-state index in [1.807, 2.05) is 62.4 Å². The number of nitrogens with zero attached hydrogens (tertiary/aromatic N) is 2. The van der Waals surface area contributed by atoms with E-state index in [0.717, 1.165) is 26.4 Å². The number of aliphatic imine (C=N–C) groups is 1. The van der Waals surface area contributed by atoms with Gasteiger partial charge >= 0.3 is 23.9 Å². The van der Waals surface area contributed by atoms with Crippen LogP contribution in [0, 0.1) is 37.5 Å². The first-order valence-corrected chi connectivity index (χ1v) is 20.0. The molecule has 2 aliphatic rings. The number of aromatic nitrogens is 1. The van der Waals surface area contributed by atoms with E-state index in [2.05, 4.69) is 9.98 Å². The van der Waals surface area contributed by atoms with Crippen molar-refractivity contribution in [3.63, 3.8) is 0 Å². The van der Waals surface area contributed by atoms with Crippen LogP contribution < -0.4 is 18.9 Å². The first-order valence-electron chi connectivity index (χ1n) is 19.2. The molecule has 1 aromatic heterocycles. The highest BCUT2D eigenvalue weighted by atomic mass is 32.1. The summed E-state index contributed by atoms with van der Waals surface area (Å²) in [6, 6.07) is 27.4. The van der Waals surface area contributed by atoms with E-state index in [1.54, 1.807) is 60.0 Å². The summed E-state index contributed by atoms with van der Waals surface area (Å²) in [5, 5.41) is 0.833. The second kappa shape index (κ2) is 17.8. The average molecular weight is 773 g/mol. The SMILES string of the molecule is Cc1ccc(OC(=O)C2CCC(C(=O)Oc3ccc(OC(=O)C4CCC(C(=O)Oc5ccc(C)cc5)CC4)c(C=NCc4nc5ccccc5s4)c3)CC2)cc1. The summed E-state index contributed by atoms with van der Waals surface area (Å²) >= 11 is 1.56. The van der Waals surface area contributed by atoms with Gasteiger partial charge in [0.15, 0.2) is 0 Å². The number of carbonyl (C=O) groups is 4. The Kier molecular flexibility index (Phi) is 12.3. The molecule has 4 aromatic carbocycles. The number of hydrogen-bond donors (Lipinski definition) is 0. The standard InChI is InChI=1S/C45H44N2O8S/c1-28-7-19-35(20-8-28)52-42(48)30-11-13-32(14-12-30)44(50)54-37-23-24-39(34(25-37)26-46-27-41-47-38-5-3-4-6-40(38)56-41)55-45(51)33-17-15-31(16-18-33)43(49)53-36-21-9-29(2)10-22-36/h3-10,19-26,30-33H,11-18,27H2,1-2H3. The van der Waals surface area contributed by atoms with Crippen molar-refractivity contribution < 1.29 is 38.1 Å². The topological polar surface area (TPSA) is 130 Å². The van der Waals surface area contributed by atoms with Gasteiger partial charge in [0, 0.05) is 11.8 Å². The first-order chi connectivity index (χ1) is 27.2. The molecule has 7 rings (SSSR count). The predicted octanol–water partition coefficient (Wildman–Crippen LogP) is 9.17. The van der Waals surface area contributed by atoms with Crippen LogP contribution in [-0.4, -0.2) is 35.1 Å². The minimum atomic E-state index is -0.390. The van der Waals surface area contributed by atoms with Gasteiger partial charge in [0.2, 0.25) is 0 Å². The highest BCUT2D eigenvalue weighted by Gasteiger charge is 2.34. The molecule has 0 bridgehead atoms. The molecule has 0 amide bonds. The third-order valence-corrected chi connectivity index (χ3v) is 11.5. The van der Waals surface area contributed by atoms with E-state index in [0.29, 0.717) is 80.7 Å². The average Bonchev–Trinajstić information content (AvgIpc) is 3.63. The second-order valence-corrected chi connectivity index (χ2v) is 15.8. The predicted molar refractivity (Wildman–Crippen MR) is 213 cm³/mol. The summed E-state index contributed by atoms with van der Waals surface area (Å²) in [5.41, 5.74) is 3.54. The zero-order valence-electron chi connectivity index (χ0n) is 31.5. The molecule has 11 heteroatoms. The quantitative estimate of drug-likeness (QED) is 0.0733. The summed E-state index contributed by atoms with van der Waals surface area (Å²) in [6.45, 7) is 4.26. The van der Waals surface area contributed by atoms with Gasteiger partial charge in [-0.05, 0) is 120 Å². The minimum absolute atomic E-state index is 0.282. The molecule has 0 saturated heterocycles. The van der Waals surface area contributed by atoms with Gasteiger partial charge in [-0.3, -0.25) is 24.2 Å². The Hall–Kier alpha value is -5.68. The van der Waals surface area contributed by atoms with Crippen LogP contribution in [0.15, 0.2) is 96.0 Å². The molecule has 5 aromatic rings. The fourth-order valence-electron chi connectivity index (χ4n) is 7.13. The number of para-hydroxylation sites is 1. The van der Waals surface area contributed by atoms with Gasteiger partial charge in [0.05, 0.1) is 40.4 Å². The molecule has 10 nitrogen and oxygen atoms in total. The number of rotatable bonds is 11. The molecule has 0 N–H and O–H groups in total. The van der Waals surface area contributed by atoms with E-state index in [-0.39, 0.29) is 47.3 Å². The minimum Gasteiger partial charge on any atom is -0.426 e. The van der Waals surface area contributed by atoms with Crippen LogP contribution in [0.5, 0.6) is 23.0 Å². The van der Waals surface area contributed by atoms with Gasteiger partial charge in [0.25, 0.3) is 0 Å². The molecule has 56 heavy (non-hydrogen) atoms. The molecule has 1 heterocycles. The van der Waals surface area contributed by atoms with Crippen molar-refractivity contribution in [2.75, 3.05) is 0 Å². The number of carbonyl (C=O) groups excluding carboxylic acids is 4. The highest BCUT2D eigenvalue weighted by molar-refractivity contribution is 7.18. The number of hydrogen-bond acceptors (Lipinski definition) is 11. The third kappa shape index (κ3) is 9.94. The van der Waals surface area contributed by atoms with Gasteiger partial charge in [-0.25, -0.2) is 4.98 Å². The van der Waals surface area contributed by atoms with Crippen molar-refractivity contribution in [3.8, 4) is 23.0 Å². The molecule has 2 fully saturated rings. The summed E-state index contributed by atoms with van der Waals surface area (Å²) in [6.07, 6.45) is 5.70. The number of aryl methyl sites for hydroxylation is 2. The summed E-state index contributed by atoms with van der Waals surface area (Å²) in [4.78, 5) is 61.7. The number of esters is 4. The Morgan fingerprint density at radius 2 is 1.05 bits per heavy atom. The van der Waals surface area contributed by atoms with Crippen molar-refractivity contribution >= 4 is 51.6 Å². The number of thiazole rings is 1. The number of benzene rings is 4. The van der Waals surface area contributed by atoms with Gasteiger partial charge in [-0.2, -0.15) is 0 Å². The Morgan fingerprint density at radius 1 is 0.607 bits per heavy atom. The normalized spacial score (nSPS) is 19.7. The largest absolute Gasteiger partial charge is 0.426 e. The van der Waals surface area contributed by atoms with E-state index in [9.17, 15) is 19.2 Å². The lowest BCUT2D eigenvalue weighted by atomic mass is 9.82. The van der Waals surface area contributed by atoms with E-state index < -0.39 is 5.97 Å². The highest BCUT2D eigenvalue weighted by Crippen LogP contribution is 2.34. The maximum atomic E-state index is 13.5. The molecule has 0 aliphatic heterocycles. The molecule has 0 spiro atoms. The van der Waals surface area contributed by atoms with Crippen LogP contribution in [0.4, 0.5) is 0 Å². The lowest BCUT2D eigenvalue weighted by molar-refractivity contribution is -0.145. The second-order valence-electron chi connectivity index (χ2n) is 14.7. The van der Waals surface area contributed by atoms with E-state index in [4.69, 9.17) is 18.9 Å². The van der Waals surface area contributed by atoms with Crippen molar-refractivity contribution in [1.29, 1.82) is 0 Å². The molecule has 0 atom stereocenters. The third-order valence-electron chi connectivity index (χ3n) is 10.5. The smallest absolute Gasteiger partial charge is 0.314 e. The number of ether oxygens (including phenoxy) is 4. The Morgan fingerprint density at radius 3 is 1.55 bits per heavy atom. The zero-order chi connectivity index (χ0) is 39.0. The van der Waals surface area contributed by atoms with Crippen LogP contribution in [0.25, 0.3) is 10.2 Å². The van der Waals surface area contributed by atoms with Crippen LogP contribution in [0.2, 0.25) is 0 Å². The van der Waals surface area contributed by atoms with E-state index in [1.165, 1.54) is 0 Å². The van der Waals surface area contributed by atoms with Crippen LogP contribution in [0.3, 0.4) is 0 Å². The first kappa shape index (κ1) is 38.6. The summed E-state index contributed by atoms with van der Waals surface area (Å²) in [7, 11) is 0. The van der Waals surface area contributed by atoms with Crippen LogP contribution >= 0.6 is 11.3 Å². The lowest BCUT2D eigenvalue weighted by Gasteiger charge is -2.26. The van der Waals surface area contributed by atoms with Crippen molar-refractivity contribution in [2.24, 2.45) is 28.7 Å². The maximum Gasteiger partial charge on any atom is 0.314 e. The lowest BCUT2D eigenvalue weighted by Crippen LogP contribution is -2.30. The molecular formula is C45H44N2O8S. The van der Waals surface area contributed by atoms with Crippen LogP contribution in [-0.2, 0) is 25.7 Å². The Bertz CT molecular complexity index is 2180. The zero-order valence-corrected chi connectivity index (χ0v) is 32.3.